The summed E-state index contributed by atoms with van der Waals surface area (Å²) in [7, 11) is 0. The number of aryl methyl sites for hydroxylation is 1. The maximum Gasteiger partial charge on any atom is 0.322 e. The summed E-state index contributed by atoms with van der Waals surface area (Å²) in [5.74, 6) is 5.34. The van der Waals surface area contributed by atoms with E-state index < -0.39 is 4.92 Å². The minimum absolute atomic E-state index is 0.111. The number of anilines is 1. The van der Waals surface area contributed by atoms with Gasteiger partial charge in [0.15, 0.2) is 5.03 Å². The van der Waals surface area contributed by atoms with Gasteiger partial charge in [-0.05, 0) is 24.8 Å². The molecule has 0 aliphatic heterocycles. The van der Waals surface area contributed by atoms with Crippen molar-refractivity contribution < 1.29 is 4.92 Å². The number of nitrogens with one attached hydrogen (secondary N) is 1. The van der Waals surface area contributed by atoms with E-state index in [9.17, 15) is 10.1 Å². The molecule has 0 amide bonds. The monoisotopic (exact) mass is 279 g/mol. The lowest BCUT2D eigenvalue weighted by Crippen LogP contribution is -2.12. The van der Waals surface area contributed by atoms with Crippen LogP contribution in [0.25, 0.3) is 0 Å². The van der Waals surface area contributed by atoms with Crippen molar-refractivity contribution in [3.05, 3.63) is 34.4 Å². The fourth-order valence-corrected chi connectivity index (χ4v) is 2.20. The maximum absolute atomic E-state index is 11.1. The normalized spacial score (nSPS) is 10.2. The summed E-state index contributed by atoms with van der Waals surface area (Å²) in [4.78, 5) is 26.1. The summed E-state index contributed by atoms with van der Waals surface area (Å²) in [6.07, 6.45) is 2.89. The molecule has 0 radical (unpaired) electrons. The van der Waals surface area contributed by atoms with Crippen molar-refractivity contribution in [3.8, 4) is 0 Å². The zero-order valence-electron chi connectivity index (χ0n) is 9.77. The third-order valence-corrected chi connectivity index (χ3v) is 3.02. The molecule has 0 unspecified atom stereocenters. The SMILES string of the molecule is Cc1nc(NN)nc(Sc2ccncn2)c1[N+](=O)[O-]. The molecule has 2 aromatic heterocycles. The topological polar surface area (TPSA) is 133 Å². The average molecular weight is 279 g/mol. The molecule has 0 bridgehead atoms. The van der Waals surface area contributed by atoms with E-state index in [1.807, 2.05) is 0 Å². The molecule has 0 atom stereocenters. The fraction of sp³-hybridized carbons (Fsp3) is 0.111. The molecule has 98 valence electrons. The van der Waals surface area contributed by atoms with Crippen molar-refractivity contribution >= 4 is 23.4 Å². The molecular weight excluding hydrogens is 270 g/mol. The fourth-order valence-electron chi connectivity index (χ4n) is 1.32. The number of nitrogens with zero attached hydrogens (tertiary/aromatic N) is 5. The molecular formula is C9H9N7O2S. The second-order valence-corrected chi connectivity index (χ2v) is 4.35. The predicted molar refractivity (Wildman–Crippen MR) is 67.4 cm³/mol. The largest absolute Gasteiger partial charge is 0.322 e. The van der Waals surface area contributed by atoms with Crippen molar-refractivity contribution in [2.24, 2.45) is 5.84 Å². The first-order valence-electron chi connectivity index (χ1n) is 5.05. The van der Waals surface area contributed by atoms with Gasteiger partial charge in [-0.15, -0.1) is 0 Å². The molecule has 19 heavy (non-hydrogen) atoms. The minimum Gasteiger partial charge on any atom is -0.292 e. The molecule has 10 heteroatoms. The van der Waals surface area contributed by atoms with Crippen LogP contribution in [0.4, 0.5) is 11.6 Å². The number of nitro groups is 1. The van der Waals surface area contributed by atoms with Crippen LogP contribution in [-0.2, 0) is 0 Å². The Morgan fingerprint density at radius 2 is 2.26 bits per heavy atom. The summed E-state index contributed by atoms with van der Waals surface area (Å²) < 4.78 is 0. The molecule has 0 spiro atoms. The number of nitrogen functional groups attached to an aromatic ring is 1. The van der Waals surface area contributed by atoms with E-state index in [1.54, 1.807) is 6.07 Å². The maximum atomic E-state index is 11.1. The van der Waals surface area contributed by atoms with Crippen LogP contribution in [0.15, 0.2) is 28.6 Å². The number of hydrogen-bond acceptors (Lipinski definition) is 9. The van der Waals surface area contributed by atoms with E-state index in [0.29, 0.717) is 5.03 Å². The Morgan fingerprint density at radius 1 is 1.47 bits per heavy atom. The van der Waals surface area contributed by atoms with Gasteiger partial charge in [-0.2, -0.15) is 4.98 Å². The second-order valence-electron chi connectivity index (χ2n) is 3.34. The highest BCUT2D eigenvalue weighted by atomic mass is 32.2. The van der Waals surface area contributed by atoms with Gasteiger partial charge in [0.1, 0.15) is 17.0 Å². The first-order valence-corrected chi connectivity index (χ1v) is 5.87. The van der Waals surface area contributed by atoms with Gasteiger partial charge in [0.25, 0.3) is 0 Å². The first-order chi connectivity index (χ1) is 9.11. The number of rotatable bonds is 4. The zero-order chi connectivity index (χ0) is 13.8. The third-order valence-electron chi connectivity index (χ3n) is 2.09. The number of aromatic nitrogens is 4. The molecule has 9 nitrogen and oxygen atoms in total. The van der Waals surface area contributed by atoms with Crippen LogP contribution in [0.5, 0.6) is 0 Å². The van der Waals surface area contributed by atoms with Gasteiger partial charge in [0.2, 0.25) is 5.95 Å². The molecule has 0 fully saturated rings. The van der Waals surface area contributed by atoms with Crippen molar-refractivity contribution in [2.45, 2.75) is 17.0 Å². The smallest absolute Gasteiger partial charge is 0.292 e. The van der Waals surface area contributed by atoms with Crippen LogP contribution in [-0.4, -0.2) is 24.9 Å². The lowest BCUT2D eigenvalue weighted by atomic mass is 10.4. The average Bonchev–Trinajstić information content (AvgIpc) is 2.38. The van der Waals surface area contributed by atoms with Crippen LogP contribution in [0, 0.1) is 17.0 Å². The Hall–Kier alpha value is -2.33. The predicted octanol–water partition coefficient (Wildman–Crippen LogP) is 0.920. The van der Waals surface area contributed by atoms with Gasteiger partial charge in [-0.1, -0.05) is 0 Å². The highest BCUT2D eigenvalue weighted by Crippen LogP contribution is 2.33. The standard InChI is InChI=1S/C9H9N7O2S/c1-5-7(16(17)18)8(14-9(13-5)15-10)19-6-2-3-11-4-12-6/h2-4H,10H2,1H3,(H,13,14,15). The Labute approximate surface area is 111 Å². The molecule has 2 aromatic rings. The highest BCUT2D eigenvalue weighted by Gasteiger charge is 2.23. The van der Waals surface area contributed by atoms with Gasteiger partial charge in [-0.3, -0.25) is 15.5 Å². The lowest BCUT2D eigenvalue weighted by Gasteiger charge is -2.05. The van der Waals surface area contributed by atoms with E-state index >= 15 is 0 Å². The summed E-state index contributed by atoms with van der Waals surface area (Å²) >= 11 is 1.05. The minimum atomic E-state index is -0.529. The zero-order valence-corrected chi connectivity index (χ0v) is 10.6. The van der Waals surface area contributed by atoms with Crippen molar-refractivity contribution in [1.29, 1.82) is 0 Å². The molecule has 0 saturated carbocycles. The van der Waals surface area contributed by atoms with Crippen LogP contribution in [0.2, 0.25) is 0 Å². The summed E-state index contributed by atoms with van der Waals surface area (Å²) in [6.45, 7) is 1.52. The van der Waals surface area contributed by atoms with E-state index in [2.05, 4.69) is 25.4 Å². The third kappa shape index (κ3) is 2.92. The Balaban J connectivity index is 2.48. The van der Waals surface area contributed by atoms with Crippen LogP contribution in [0.3, 0.4) is 0 Å². The van der Waals surface area contributed by atoms with E-state index in [0.717, 1.165) is 11.8 Å². The van der Waals surface area contributed by atoms with Crippen molar-refractivity contribution in [1.82, 2.24) is 19.9 Å². The van der Waals surface area contributed by atoms with Gasteiger partial charge >= 0.3 is 5.69 Å². The van der Waals surface area contributed by atoms with E-state index in [1.165, 1.54) is 19.4 Å². The number of hydrogen-bond donors (Lipinski definition) is 2. The molecule has 0 aliphatic rings. The highest BCUT2D eigenvalue weighted by molar-refractivity contribution is 7.99. The van der Waals surface area contributed by atoms with Crippen molar-refractivity contribution in [2.75, 3.05) is 5.43 Å². The molecule has 2 heterocycles. The first kappa shape index (κ1) is 13.1. The van der Waals surface area contributed by atoms with Gasteiger partial charge in [-0.25, -0.2) is 20.8 Å². The molecule has 0 aromatic carbocycles. The molecule has 3 N–H and O–H groups in total. The van der Waals surface area contributed by atoms with E-state index in [4.69, 9.17) is 5.84 Å². The lowest BCUT2D eigenvalue weighted by molar-refractivity contribution is -0.389. The number of nitrogens with two attached hydrogens (primary N) is 1. The van der Waals surface area contributed by atoms with E-state index in [-0.39, 0.29) is 22.4 Å². The summed E-state index contributed by atoms with van der Waals surface area (Å²) in [5, 5.41) is 11.8. The Kier molecular flexibility index (Phi) is 3.82. The second kappa shape index (κ2) is 5.54. The van der Waals surface area contributed by atoms with Crippen LogP contribution in [0.1, 0.15) is 5.69 Å². The summed E-state index contributed by atoms with van der Waals surface area (Å²) in [5.41, 5.74) is 2.33. The Morgan fingerprint density at radius 3 is 2.84 bits per heavy atom. The number of hydrazine groups is 1. The summed E-state index contributed by atoms with van der Waals surface area (Å²) in [6, 6.07) is 1.63. The Bertz CT molecular complexity index is 607. The molecule has 0 saturated heterocycles. The van der Waals surface area contributed by atoms with Crippen LogP contribution < -0.4 is 11.3 Å². The molecule has 0 aliphatic carbocycles. The quantitative estimate of drug-likeness (QED) is 0.362. The van der Waals surface area contributed by atoms with Crippen molar-refractivity contribution in [3.63, 3.8) is 0 Å². The van der Waals surface area contributed by atoms with Gasteiger partial charge < -0.3 is 0 Å². The van der Waals surface area contributed by atoms with Gasteiger partial charge in [0.05, 0.1) is 4.92 Å². The molecule has 2 rings (SSSR count). The van der Waals surface area contributed by atoms with Gasteiger partial charge in [0, 0.05) is 6.20 Å². The van der Waals surface area contributed by atoms with Crippen LogP contribution >= 0.6 is 11.8 Å².